The molecule has 0 atom stereocenters. The average molecular weight is 417 g/mol. The Morgan fingerprint density at radius 3 is 2.16 bits per heavy atom. The van der Waals surface area contributed by atoms with Crippen molar-refractivity contribution in [2.45, 2.75) is 31.2 Å². The number of anilines is 1. The number of hydrogen-bond acceptors (Lipinski definition) is 5. The van der Waals surface area contributed by atoms with E-state index in [1.807, 2.05) is 0 Å². The Morgan fingerprint density at radius 2 is 1.58 bits per heavy atom. The maximum absolute atomic E-state index is 11.2. The normalized spacial score (nSPS) is 15.1. The van der Waals surface area contributed by atoms with Crippen molar-refractivity contribution < 1.29 is 4.92 Å². The zero-order valence-electron chi connectivity index (χ0n) is 17.6. The Labute approximate surface area is 183 Å². The second kappa shape index (κ2) is 10.2. The minimum Gasteiger partial charge on any atom is -0.362 e. The Hall–Kier alpha value is -3.25. The lowest BCUT2D eigenvalue weighted by molar-refractivity contribution is -0.384. The van der Waals surface area contributed by atoms with Crippen molar-refractivity contribution in [2.24, 2.45) is 0 Å². The summed E-state index contributed by atoms with van der Waals surface area (Å²) in [5, 5.41) is 14.5. The van der Waals surface area contributed by atoms with Gasteiger partial charge in [0.2, 0.25) is 5.82 Å². The van der Waals surface area contributed by atoms with Crippen molar-refractivity contribution in [1.29, 1.82) is 0 Å². The molecule has 0 amide bonds. The Balaban J connectivity index is 1.34. The third-order valence-corrected chi connectivity index (χ3v) is 6.05. The summed E-state index contributed by atoms with van der Waals surface area (Å²) in [7, 11) is 0. The van der Waals surface area contributed by atoms with E-state index >= 15 is 0 Å². The topological polar surface area (TPSA) is 71.3 Å². The lowest BCUT2D eigenvalue weighted by atomic mass is 9.88. The number of likely N-dealkylation sites (tertiary alicyclic amines) is 1. The van der Waals surface area contributed by atoms with Crippen molar-refractivity contribution in [3.8, 4) is 0 Å². The molecule has 1 aliphatic rings. The monoisotopic (exact) mass is 416 g/mol. The third kappa shape index (κ3) is 5.47. The fourth-order valence-electron chi connectivity index (χ4n) is 4.36. The molecule has 1 fully saturated rings. The number of pyridine rings is 1. The van der Waals surface area contributed by atoms with Crippen LogP contribution in [0.5, 0.6) is 0 Å². The number of nitrogens with one attached hydrogen (secondary N) is 1. The van der Waals surface area contributed by atoms with Gasteiger partial charge in [0.15, 0.2) is 0 Å². The fraction of sp³-hybridized carbons (Fsp3) is 0.320. The molecule has 1 N–H and O–H groups in total. The Morgan fingerprint density at radius 1 is 0.968 bits per heavy atom. The van der Waals surface area contributed by atoms with E-state index in [0.29, 0.717) is 11.7 Å². The van der Waals surface area contributed by atoms with Crippen LogP contribution in [0, 0.1) is 10.1 Å². The van der Waals surface area contributed by atoms with Crippen LogP contribution in [0.25, 0.3) is 0 Å². The first-order valence-electron chi connectivity index (χ1n) is 10.9. The van der Waals surface area contributed by atoms with E-state index in [2.05, 4.69) is 75.9 Å². The highest BCUT2D eigenvalue weighted by Gasteiger charge is 2.23. The van der Waals surface area contributed by atoms with E-state index in [1.54, 1.807) is 12.3 Å². The van der Waals surface area contributed by atoms with Gasteiger partial charge in [0.1, 0.15) is 0 Å². The van der Waals surface area contributed by atoms with Crippen molar-refractivity contribution >= 4 is 11.5 Å². The van der Waals surface area contributed by atoms with Gasteiger partial charge in [-0.25, -0.2) is 4.98 Å². The van der Waals surface area contributed by atoms with Gasteiger partial charge in [-0.15, -0.1) is 0 Å². The predicted molar refractivity (Wildman–Crippen MR) is 123 cm³/mol. The summed E-state index contributed by atoms with van der Waals surface area (Å²) in [6.45, 7) is 2.99. The van der Waals surface area contributed by atoms with Crippen LogP contribution in [-0.2, 0) is 0 Å². The molecule has 31 heavy (non-hydrogen) atoms. The van der Waals surface area contributed by atoms with Gasteiger partial charge in [0.25, 0.3) is 0 Å². The van der Waals surface area contributed by atoms with Crippen molar-refractivity contribution in [3.63, 3.8) is 0 Å². The number of nitro groups is 1. The van der Waals surface area contributed by atoms with Crippen LogP contribution in [0.1, 0.15) is 36.3 Å². The van der Waals surface area contributed by atoms with Gasteiger partial charge >= 0.3 is 5.69 Å². The van der Waals surface area contributed by atoms with Crippen LogP contribution in [0.2, 0.25) is 0 Å². The number of hydrogen-bond donors (Lipinski definition) is 1. The minimum absolute atomic E-state index is 0.0403. The number of nitrogens with zero attached hydrogens (tertiary/aromatic N) is 3. The summed E-state index contributed by atoms with van der Waals surface area (Å²) < 4.78 is 0. The molecule has 160 valence electrons. The molecule has 2 heterocycles. The van der Waals surface area contributed by atoms with Crippen LogP contribution in [0.4, 0.5) is 11.5 Å². The molecular formula is C25H28N4O2. The van der Waals surface area contributed by atoms with Crippen molar-refractivity contribution in [2.75, 3.05) is 25.0 Å². The molecule has 1 saturated heterocycles. The van der Waals surface area contributed by atoms with Crippen LogP contribution < -0.4 is 5.32 Å². The van der Waals surface area contributed by atoms with Crippen LogP contribution in [-0.4, -0.2) is 40.5 Å². The van der Waals surface area contributed by atoms with Crippen molar-refractivity contribution in [1.82, 2.24) is 9.88 Å². The van der Waals surface area contributed by atoms with Gasteiger partial charge in [-0.05, 0) is 43.0 Å². The van der Waals surface area contributed by atoms with Gasteiger partial charge in [-0.3, -0.25) is 10.1 Å². The summed E-state index contributed by atoms with van der Waals surface area (Å²) in [6.07, 6.45) is 4.57. The van der Waals surface area contributed by atoms with Gasteiger partial charge in [-0.1, -0.05) is 60.7 Å². The van der Waals surface area contributed by atoms with E-state index in [-0.39, 0.29) is 16.7 Å². The first kappa shape index (κ1) is 21.0. The molecule has 1 aromatic heterocycles. The third-order valence-electron chi connectivity index (χ3n) is 6.05. The molecule has 0 unspecified atom stereocenters. The van der Waals surface area contributed by atoms with E-state index in [9.17, 15) is 10.1 Å². The number of aromatic nitrogens is 1. The molecule has 1 aliphatic heterocycles. The van der Waals surface area contributed by atoms with Gasteiger partial charge in [0, 0.05) is 37.3 Å². The SMILES string of the molecule is O=[N+]([O-])c1cccnc1NC1CCN(CCC(c2ccccc2)c2ccccc2)CC1. The minimum atomic E-state index is -0.377. The second-order valence-corrected chi connectivity index (χ2v) is 8.05. The fourth-order valence-corrected chi connectivity index (χ4v) is 4.36. The van der Waals surface area contributed by atoms with Crippen LogP contribution in [0.3, 0.4) is 0 Å². The highest BCUT2D eigenvalue weighted by atomic mass is 16.6. The van der Waals surface area contributed by atoms with Gasteiger partial charge in [0.05, 0.1) is 4.92 Å². The molecule has 4 rings (SSSR count). The number of rotatable bonds is 8. The molecule has 6 heteroatoms. The molecule has 0 saturated carbocycles. The predicted octanol–water partition coefficient (Wildman–Crippen LogP) is 5.09. The van der Waals surface area contributed by atoms with E-state index in [0.717, 1.165) is 38.9 Å². The number of benzene rings is 2. The van der Waals surface area contributed by atoms with E-state index in [1.165, 1.54) is 17.2 Å². The molecular weight excluding hydrogens is 388 g/mol. The summed E-state index contributed by atoms with van der Waals surface area (Å²) >= 11 is 0. The maximum atomic E-state index is 11.2. The van der Waals surface area contributed by atoms with Gasteiger partial charge in [-0.2, -0.15) is 0 Å². The maximum Gasteiger partial charge on any atom is 0.311 e. The highest BCUT2D eigenvalue weighted by molar-refractivity contribution is 5.55. The van der Waals surface area contributed by atoms with Crippen LogP contribution in [0.15, 0.2) is 79.0 Å². The average Bonchev–Trinajstić information content (AvgIpc) is 2.82. The van der Waals surface area contributed by atoms with E-state index < -0.39 is 0 Å². The number of piperidine rings is 1. The molecule has 0 radical (unpaired) electrons. The molecule has 2 aromatic carbocycles. The first-order chi connectivity index (χ1) is 15.2. The van der Waals surface area contributed by atoms with Gasteiger partial charge < -0.3 is 10.2 Å². The molecule has 3 aromatic rings. The first-order valence-corrected chi connectivity index (χ1v) is 10.9. The molecule has 0 bridgehead atoms. The largest absolute Gasteiger partial charge is 0.362 e. The van der Waals surface area contributed by atoms with E-state index in [4.69, 9.17) is 0 Å². The Bertz CT molecular complexity index is 934. The molecule has 0 spiro atoms. The smallest absolute Gasteiger partial charge is 0.311 e. The summed E-state index contributed by atoms with van der Waals surface area (Å²) in [6, 6.07) is 24.7. The summed E-state index contributed by atoms with van der Waals surface area (Å²) in [4.78, 5) is 17.5. The lowest BCUT2D eigenvalue weighted by Gasteiger charge is -2.33. The standard InChI is InChI=1S/C25H28N4O2/c30-29(31)24-12-7-16-26-25(24)27-22-13-17-28(18-14-22)19-15-23(20-8-3-1-4-9-20)21-10-5-2-6-11-21/h1-12,16,22-23H,13-15,17-19H2,(H,26,27). The summed E-state index contributed by atoms with van der Waals surface area (Å²) in [5.41, 5.74) is 2.75. The quantitative estimate of drug-likeness (QED) is 0.409. The molecule has 0 aliphatic carbocycles. The highest BCUT2D eigenvalue weighted by Crippen LogP contribution is 2.29. The van der Waals surface area contributed by atoms with Crippen molar-refractivity contribution in [3.05, 3.63) is 100 Å². The van der Waals surface area contributed by atoms with Crippen LogP contribution >= 0.6 is 0 Å². The zero-order valence-corrected chi connectivity index (χ0v) is 17.6. The lowest BCUT2D eigenvalue weighted by Crippen LogP contribution is -2.40. The molecule has 6 nitrogen and oxygen atoms in total. The second-order valence-electron chi connectivity index (χ2n) is 8.05. The zero-order chi connectivity index (χ0) is 21.5. The Kier molecular flexibility index (Phi) is 6.89. The summed E-state index contributed by atoms with van der Waals surface area (Å²) in [5.74, 6) is 0.758.